The minimum Gasteiger partial charge on any atom is -0.501 e. The van der Waals surface area contributed by atoms with Crippen molar-refractivity contribution in [3.63, 3.8) is 0 Å². The zero-order chi connectivity index (χ0) is 10.3. The molecule has 4 nitrogen and oxygen atoms in total. The van der Waals surface area contributed by atoms with E-state index in [9.17, 15) is 15.2 Å². The van der Waals surface area contributed by atoms with E-state index in [2.05, 4.69) is 0 Å². The molecule has 1 N–H and O–H groups in total. The smallest absolute Gasteiger partial charge is 0.313 e. The van der Waals surface area contributed by atoms with Gasteiger partial charge in [-0.05, 0) is 34.0 Å². The molecule has 0 aliphatic rings. The van der Waals surface area contributed by atoms with E-state index in [1.54, 1.807) is 0 Å². The highest BCUT2D eigenvalue weighted by molar-refractivity contribution is 14.1. The fraction of sp³-hybridized carbons (Fsp3) is 0. The number of nitro groups is 1. The van der Waals surface area contributed by atoms with Gasteiger partial charge in [-0.3, -0.25) is 10.1 Å². The van der Waals surface area contributed by atoms with Crippen LogP contribution in [0.25, 0.3) is 10.1 Å². The van der Waals surface area contributed by atoms with E-state index in [-0.39, 0.29) is 11.4 Å². The molecule has 0 atom stereocenters. The maximum atomic E-state index is 10.6. The van der Waals surface area contributed by atoms with Crippen molar-refractivity contribution in [2.45, 2.75) is 0 Å². The van der Waals surface area contributed by atoms with Crippen LogP contribution in [0.5, 0.6) is 5.75 Å². The van der Waals surface area contributed by atoms with Gasteiger partial charge in [-0.2, -0.15) is 0 Å². The molecule has 0 spiro atoms. The van der Waals surface area contributed by atoms with E-state index in [1.807, 2.05) is 34.0 Å². The van der Waals surface area contributed by atoms with Crippen LogP contribution in [-0.2, 0) is 0 Å². The molecule has 1 aromatic heterocycles. The standard InChI is InChI=1S/C8H4INO3S/c9-7-4-1-2-14-6(4)3-5(8(7)11)10(12)13/h1-3,11H. The fourth-order valence-corrected chi connectivity index (χ4v) is 2.94. The predicted octanol–water partition coefficient (Wildman–Crippen LogP) is 3.12. The molecule has 1 heterocycles. The first-order valence-corrected chi connectivity index (χ1v) is 5.60. The van der Waals surface area contributed by atoms with Crippen LogP contribution in [0.1, 0.15) is 0 Å². The highest BCUT2D eigenvalue weighted by atomic mass is 127. The number of rotatable bonds is 1. The molecule has 14 heavy (non-hydrogen) atoms. The molecule has 0 bridgehead atoms. The number of phenols is 1. The lowest BCUT2D eigenvalue weighted by atomic mass is 10.2. The number of hydrogen-bond donors (Lipinski definition) is 1. The summed E-state index contributed by atoms with van der Waals surface area (Å²) in [6, 6.07) is 3.24. The Morgan fingerprint density at radius 3 is 2.93 bits per heavy atom. The monoisotopic (exact) mass is 321 g/mol. The van der Waals surface area contributed by atoms with Gasteiger partial charge in [-0.25, -0.2) is 0 Å². The van der Waals surface area contributed by atoms with Gasteiger partial charge in [0.1, 0.15) is 0 Å². The zero-order valence-corrected chi connectivity index (χ0v) is 9.70. The van der Waals surface area contributed by atoms with Gasteiger partial charge in [0, 0.05) is 16.2 Å². The number of aromatic hydroxyl groups is 1. The second-order valence-corrected chi connectivity index (χ2v) is 4.67. The number of fused-ring (bicyclic) bond motifs is 1. The molecule has 0 radical (unpaired) electrons. The van der Waals surface area contributed by atoms with E-state index in [4.69, 9.17) is 0 Å². The second kappa shape index (κ2) is 3.35. The maximum Gasteiger partial charge on any atom is 0.313 e. The van der Waals surface area contributed by atoms with E-state index >= 15 is 0 Å². The van der Waals surface area contributed by atoms with Crippen molar-refractivity contribution in [1.82, 2.24) is 0 Å². The third-order valence-corrected chi connectivity index (χ3v) is 3.80. The predicted molar refractivity (Wildman–Crippen MR) is 62.9 cm³/mol. The first-order valence-electron chi connectivity index (χ1n) is 3.64. The molecule has 0 amide bonds. The molecule has 0 aliphatic carbocycles. The van der Waals surface area contributed by atoms with Crippen molar-refractivity contribution in [2.24, 2.45) is 0 Å². The van der Waals surface area contributed by atoms with Gasteiger partial charge in [-0.1, -0.05) is 0 Å². The summed E-state index contributed by atoms with van der Waals surface area (Å²) in [5, 5.41) is 22.8. The van der Waals surface area contributed by atoms with Gasteiger partial charge in [-0.15, -0.1) is 11.3 Å². The fourth-order valence-electron chi connectivity index (χ4n) is 1.19. The maximum absolute atomic E-state index is 10.6. The summed E-state index contributed by atoms with van der Waals surface area (Å²) in [6.07, 6.45) is 0. The summed E-state index contributed by atoms with van der Waals surface area (Å²) < 4.78 is 1.35. The molecule has 6 heteroatoms. The van der Waals surface area contributed by atoms with Crippen LogP contribution >= 0.6 is 33.9 Å². The highest BCUT2D eigenvalue weighted by Gasteiger charge is 2.19. The van der Waals surface area contributed by atoms with Crippen LogP contribution in [0.15, 0.2) is 17.5 Å². The molecule has 0 fully saturated rings. The highest BCUT2D eigenvalue weighted by Crippen LogP contribution is 2.38. The Labute approximate surface area is 96.5 Å². The number of nitro benzene ring substituents is 1. The van der Waals surface area contributed by atoms with Gasteiger partial charge in [0.25, 0.3) is 0 Å². The minimum absolute atomic E-state index is 0.232. The van der Waals surface area contributed by atoms with Gasteiger partial charge < -0.3 is 5.11 Å². The van der Waals surface area contributed by atoms with Crippen molar-refractivity contribution in [1.29, 1.82) is 0 Å². The first kappa shape index (κ1) is 9.66. The second-order valence-electron chi connectivity index (χ2n) is 2.65. The average molecular weight is 321 g/mol. The number of benzene rings is 1. The Bertz CT molecular complexity index is 523. The topological polar surface area (TPSA) is 63.4 Å². The lowest BCUT2D eigenvalue weighted by Gasteiger charge is -1.99. The van der Waals surface area contributed by atoms with Crippen LogP contribution in [-0.4, -0.2) is 10.0 Å². The number of thiophene rings is 1. The van der Waals surface area contributed by atoms with E-state index in [0.29, 0.717) is 3.57 Å². The van der Waals surface area contributed by atoms with Crippen molar-refractivity contribution in [3.8, 4) is 5.75 Å². The Balaban J connectivity index is 2.87. The lowest BCUT2D eigenvalue weighted by molar-refractivity contribution is -0.385. The SMILES string of the molecule is O=[N+]([O-])c1cc2sccc2c(I)c1O. The summed E-state index contributed by atoms with van der Waals surface area (Å²) in [7, 11) is 0. The molecule has 1 aromatic carbocycles. The van der Waals surface area contributed by atoms with Crippen LogP contribution in [0.3, 0.4) is 0 Å². The molecule has 0 saturated carbocycles. The Morgan fingerprint density at radius 1 is 1.57 bits per heavy atom. The van der Waals surface area contributed by atoms with Crippen molar-refractivity contribution < 1.29 is 10.0 Å². The molecular formula is C8H4INO3S. The Morgan fingerprint density at radius 2 is 2.29 bits per heavy atom. The van der Waals surface area contributed by atoms with E-state index in [1.165, 1.54) is 17.4 Å². The Kier molecular flexibility index (Phi) is 2.31. The quantitative estimate of drug-likeness (QED) is 0.499. The zero-order valence-electron chi connectivity index (χ0n) is 6.73. The summed E-state index contributed by atoms with van der Waals surface area (Å²) in [5.74, 6) is -0.249. The molecule has 0 saturated heterocycles. The van der Waals surface area contributed by atoms with Crippen LogP contribution in [0, 0.1) is 13.7 Å². The summed E-state index contributed by atoms with van der Waals surface area (Å²) in [6.45, 7) is 0. The third kappa shape index (κ3) is 1.34. The number of hydrogen-bond acceptors (Lipinski definition) is 4. The largest absolute Gasteiger partial charge is 0.501 e. The number of halogens is 1. The third-order valence-electron chi connectivity index (χ3n) is 1.85. The first-order chi connectivity index (χ1) is 6.61. The summed E-state index contributed by atoms with van der Waals surface area (Å²) in [5.41, 5.74) is -0.232. The average Bonchev–Trinajstić information content (AvgIpc) is 2.58. The number of phenolic OH excluding ortho intramolecular Hbond substituents is 1. The summed E-state index contributed by atoms with van der Waals surface area (Å²) >= 11 is 3.33. The minimum atomic E-state index is -0.573. The lowest BCUT2D eigenvalue weighted by Crippen LogP contribution is -1.89. The van der Waals surface area contributed by atoms with Crippen molar-refractivity contribution >= 4 is 49.7 Å². The van der Waals surface area contributed by atoms with Gasteiger partial charge in [0.05, 0.1) is 8.49 Å². The molecule has 0 aliphatic heterocycles. The van der Waals surface area contributed by atoms with Gasteiger partial charge in [0.15, 0.2) is 0 Å². The number of nitrogens with zero attached hydrogens (tertiary/aromatic N) is 1. The van der Waals surface area contributed by atoms with Gasteiger partial charge in [0.2, 0.25) is 5.75 Å². The summed E-state index contributed by atoms with van der Waals surface area (Å²) in [4.78, 5) is 10.0. The van der Waals surface area contributed by atoms with Crippen molar-refractivity contribution in [3.05, 3.63) is 31.2 Å². The normalized spacial score (nSPS) is 10.6. The van der Waals surface area contributed by atoms with Crippen molar-refractivity contribution in [2.75, 3.05) is 0 Å². The van der Waals surface area contributed by atoms with Crippen LogP contribution in [0.2, 0.25) is 0 Å². The molecule has 2 aromatic rings. The molecule has 72 valence electrons. The molecule has 2 rings (SSSR count). The Hall–Kier alpha value is -0.890. The van der Waals surface area contributed by atoms with Crippen LogP contribution in [0.4, 0.5) is 5.69 Å². The van der Waals surface area contributed by atoms with E-state index < -0.39 is 4.92 Å². The van der Waals surface area contributed by atoms with Crippen LogP contribution < -0.4 is 0 Å². The van der Waals surface area contributed by atoms with Gasteiger partial charge >= 0.3 is 5.69 Å². The van der Waals surface area contributed by atoms with E-state index in [0.717, 1.165) is 10.1 Å². The molecule has 0 unspecified atom stereocenters. The molecular weight excluding hydrogens is 317 g/mol.